The van der Waals surface area contributed by atoms with Gasteiger partial charge in [-0.15, -0.1) is 0 Å². The molecule has 0 aliphatic heterocycles. The monoisotopic (exact) mass is 283 g/mol. The number of hydrogen-bond acceptors (Lipinski definition) is 3. The van der Waals surface area contributed by atoms with Gasteiger partial charge in [0.1, 0.15) is 0 Å². The highest BCUT2D eigenvalue weighted by Crippen LogP contribution is 2.14. The molecule has 0 N–H and O–H groups in total. The average molecular weight is 283 g/mol. The van der Waals surface area contributed by atoms with Crippen molar-refractivity contribution < 1.29 is 4.79 Å². The third-order valence-electron chi connectivity index (χ3n) is 3.37. The lowest BCUT2D eigenvalue weighted by Gasteiger charge is -2.11. The SMILES string of the molecule is CCn1cc(C(=O)/C=C/c2ccc(N(C)C)cc2)c(C)n1. The van der Waals surface area contributed by atoms with Gasteiger partial charge in [0.2, 0.25) is 0 Å². The van der Waals surface area contributed by atoms with Crippen LogP contribution in [-0.4, -0.2) is 29.7 Å². The Balaban J connectivity index is 2.12. The van der Waals surface area contributed by atoms with Gasteiger partial charge < -0.3 is 4.90 Å². The molecule has 21 heavy (non-hydrogen) atoms. The van der Waals surface area contributed by atoms with Gasteiger partial charge in [-0.3, -0.25) is 9.48 Å². The van der Waals surface area contributed by atoms with Crippen LogP contribution >= 0.6 is 0 Å². The Hall–Kier alpha value is -2.36. The highest BCUT2D eigenvalue weighted by molar-refractivity contribution is 6.07. The number of ketones is 1. The van der Waals surface area contributed by atoms with E-state index in [2.05, 4.69) is 5.10 Å². The number of benzene rings is 1. The van der Waals surface area contributed by atoms with Crippen LogP contribution in [-0.2, 0) is 6.54 Å². The van der Waals surface area contributed by atoms with Crippen molar-refractivity contribution in [3.63, 3.8) is 0 Å². The Morgan fingerprint density at radius 3 is 2.48 bits per heavy atom. The molecule has 0 atom stereocenters. The maximum Gasteiger partial charge on any atom is 0.189 e. The van der Waals surface area contributed by atoms with Crippen LogP contribution in [0.1, 0.15) is 28.5 Å². The van der Waals surface area contributed by atoms with Crippen LogP contribution in [0, 0.1) is 6.92 Å². The molecule has 0 unspecified atom stereocenters. The Kier molecular flexibility index (Phi) is 4.58. The molecule has 1 aromatic carbocycles. The fraction of sp³-hybridized carbons (Fsp3) is 0.294. The molecular formula is C17H21N3O. The van der Waals surface area contributed by atoms with Crippen molar-refractivity contribution >= 4 is 17.5 Å². The van der Waals surface area contributed by atoms with Gasteiger partial charge in [-0.1, -0.05) is 18.2 Å². The van der Waals surface area contributed by atoms with E-state index in [1.807, 2.05) is 63.2 Å². The van der Waals surface area contributed by atoms with Gasteiger partial charge in [0.05, 0.1) is 11.3 Å². The van der Waals surface area contributed by atoms with Crippen LogP contribution in [0.3, 0.4) is 0 Å². The second-order valence-electron chi connectivity index (χ2n) is 5.17. The summed E-state index contributed by atoms with van der Waals surface area (Å²) in [7, 11) is 4.01. The highest BCUT2D eigenvalue weighted by atomic mass is 16.1. The molecule has 0 aliphatic rings. The number of carbonyl (C=O) groups is 1. The second-order valence-corrected chi connectivity index (χ2v) is 5.17. The van der Waals surface area contributed by atoms with E-state index in [1.54, 1.807) is 17.0 Å². The number of rotatable bonds is 5. The largest absolute Gasteiger partial charge is 0.378 e. The third-order valence-corrected chi connectivity index (χ3v) is 3.37. The number of anilines is 1. The predicted molar refractivity (Wildman–Crippen MR) is 86.8 cm³/mol. The molecule has 4 heteroatoms. The van der Waals surface area contributed by atoms with Crippen molar-refractivity contribution in [2.75, 3.05) is 19.0 Å². The fourth-order valence-corrected chi connectivity index (χ4v) is 2.07. The molecule has 1 aromatic heterocycles. The smallest absolute Gasteiger partial charge is 0.189 e. The number of nitrogens with zero attached hydrogens (tertiary/aromatic N) is 3. The summed E-state index contributed by atoms with van der Waals surface area (Å²) < 4.78 is 1.78. The Bertz CT molecular complexity index is 651. The molecule has 0 saturated carbocycles. The summed E-state index contributed by atoms with van der Waals surface area (Å²) in [6.07, 6.45) is 5.25. The van der Waals surface area contributed by atoms with Crippen molar-refractivity contribution in [2.45, 2.75) is 20.4 Å². The standard InChI is InChI=1S/C17H21N3O/c1-5-20-12-16(13(2)18-20)17(21)11-8-14-6-9-15(10-7-14)19(3)4/h6-12H,5H2,1-4H3/b11-8+. The normalized spacial score (nSPS) is 11.0. The van der Waals surface area contributed by atoms with E-state index in [0.717, 1.165) is 23.5 Å². The van der Waals surface area contributed by atoms with Crippen molar-refractivity contribution in [3.05, 3.63) is 53.4 Å². The number of aromatic nitrogens is 2. The van der Waals surface area contributed by atoms with Crippen molar-refractivity contribution in [3.8, 4) is 0 Å². The molecule has 0 bridgehead atoms. The summed E-state index contributed by atoms with van der Waals surface area (Å²) in [5.41, 5.74) is 3.58. The van der Waals surface area contributed by atoms with E-state index in [0.29, 0.717) is 5.56 Å². The van der Waals surface area contributed by atoms with E-state index in [1.165, 1.54) is 0 Å². The van der Waals surface area contributed by atoms with Gasteiger partial charge in [0, 0.05) is 32.5 Å². The first-order valence-electron chi connectivity index (χ1n) is 7.05. The molecule has 0 fully saturated rings. The van der Waals surface area contributed by atoms with Gasteiger partial charge in [0.15, 0.2) is 5.78 Å². The lowest BCUT2D eigenvalue weighted by molar-refractivity contribution is 0.104. The summed E-state index contributed by atoms with van der Waals surface area (Å²) >= 11 is 0. The van der Waals surface area contributed by atoms with Crippen LogP contribution in [0.5, 0.6) is 0 Å². The second kappa shape index (κ2) is 6.39. The highest BCUT2D eigenvalue weighted by Gasteiger charge is 2.09. The average Bonchev–Trinajstić information content (AvgIpc) is 2.86. The van der Waals surface area contributed by atoms with Crippen LogP contribution in [0.15, 0.2) is 36.5 Å². The van der Waals surface area contributed by atoms with E-state index >= 15 is 0 Å². The minimum atomic E-state index is -0.0103. The van der Waals surface area contributed by atoms with Gasteiger partial charge in [0.25, 0.3) is 0 Å². The van der Waals surface area contributed by atoms with Crippen molar-refractivity contribution in [1.29, 1.82) is 0 Å². The van der Waals surface area contributed by atoms with Crippen LogP contribution in [0.25, 0.3) is 6.08 Å². The third kappa shape index (κ3) is 3.60. The molecule has 110 valence electrons. The Labute approximate surface area is 125 Å². The van der Waals surface area contributed by atoms with E-state index in [4.69, 9.17) is 0 Å². The molecular weight excluding hydrogens is 262 g/mol. The van der Waals surface area contributed by atoms with Crippen LogP contribution < -0.4 is 4.90 Å². The maximum atomic E-state index is 12.2. The van der Waals surface area contributed by atoms with Gasteiger partial charge >= 0.3 is 0 Å². The predicted octanol–water partition coefficient (Wildman–Crippen LogP) is 3.17. The number of carbonyl (C=O) groups excluding carboxylic acids is 1. The molecule has 0 saturated heterocycles. The quantitative estimate of drug-likeness (QED) is 0.625. The fourth-order valence-electron chi connectivity index (χ4n) is 2.07. The number of hydrogen-bond donors (Lipinski definition) is 0. The lowest BCUT2D eigenvalue weighted by Crippen LogP contribution is -2.07. The molecule has 4 nitrogen and oxygen atoms in total. The van der Waals surface area contributed by atoms with Crippen LogP contribution in [0.4, 0.5) is 5.69 Å². The zero-order valence-corrected chi connectivity index (χ0v) is 13.0. The Morgan fingerprint density at radius 1 is 1.29 bits per heavy atom. The first-order valence-corrected chi connectivity index (χ1v) is 7.05. The molecule has 2 aromatic rings. The molecule has 0 aliphatic carbocycles. The van der Waals surface area contributed by atoms with Crippen molar-refractivity contribution in [1.82, 2.24) is 9.78 Å². The minimum absolute atomic E-state index is 0.0103. The first-order chi connectivity index (χ1) is 10.0. The zero-order chi connectivity index (χ0) is 15.4. The van der Waals surface area contributed by atoms with Gasteiger partial charge in [-0.25, -0.2) is 0 Å². The molecule has 1 heterocycles. The molecule has 0 radical (unpaired) electrons. The zero-order valence-electron chi connectivity index (χ0n) is 13.0. The van der Waals surface area contributed by atoms with Crippen molar-refractivity contribution in [2.24, 2.45) is 0 Å². The summed E-state index contributed by atoms with van der Waals surface area (Å²) in [6.45, 7) is 4.63. The molecule has 0 amide bonds. The minimum Gasteiger partial charge on any atom is -0.378 e. The van der Waals surface area contributed by atoms with E-state index in [9.17, 15) is 4.79 Å². The molecule has 0 spiro atoms. The number of allylic oxidation sites excluding steroid dienone is 1. The molecule has 2 rings (SSSR count). The lowest BCUT2D eigenvalue weighted by atomic mass is 10.1. The number of aryl methyl sites for hydroxylation is 2. The Morgan fingerprint density at radius 2 is 1.95 bits per heavy atom. The topological polar surface area (TPSA) is 38.1 Å². The first kappa shape index (κ1) is 15.0. The summed E-state index contributed by atoms with van der Waals surface area (Å²) in [5.74, 6) is -0.0103. The van der Waals surface area contributed by atoms with Crippen LogP contribution in [0.2, 0.25) is 0 Å². The summed E-state index contributed by atoms with van der Waals surface area (Å²) in [5, 5.41) is 4.29. The summed E-state index contributed by atoms with van der Waals surface area (Å²) in [4.78, 5) is 14.2. The van der Waals surface area contributed by atoms with E-state index in [-0.39, 0.29) is 5.78 Å². The summed E-state index contributed by atoms with van der Waals surface area (Å²) in [6, 6.07) is 8.07. The van der Waals surface area contributed by atoms with Gasteiger partial charge in [-0.05, 0) is 37.6 Å². The van der Waals surface area contributed by atoms with E-state index < -0.39 is 0 Å². The van der Waals surface area contributed by atoms with Gasteiger partial charge in [-0.2, -0.15) is 5.10 Å². The maximum absolute atomic E-state index is 12.2.